The number of hydrogen-bond donors (Lipinski definition) is 1. The number of aromatic nitrogens is 1. The highest BCUT2D eigenvalue weighted by Gasteiger charge is 2.27. The highest BCUT2D eigenvalue weighted by atomic mass is 35.5. The largest absolute Gasteiger partial charge is 0.356 e. The van der Waals surface area contributed by atoms with Gasteiger partial charge in [-0.05, 0) is 43.5 Å². The van der Waals surface area contributed by atoms with Crippen LogP contribution < -0.4 is 10.2 Å². The lowest BCUT2D eigenvalue weighted by Crippen LogP contribution is -2.38. The molecule has 1 aliphatic rings. The maximum absolute atomic E-state index is 13.2. The van der Waals surface area contributed by atoms with Gasteiger partial charge in [-0.3, -0.25) is 14.9 Å². The number of rotatable bonds is 4. The Morgan fingerprint density at radius 3 is 2.67 bits per heavy atom. The predicted molar refractivity (Wildman–Crippen MR) is 101 cm³/mol. The molecule has 1 saturated heterocycles. The molecule has 2 heterocycles. The molecule has 0 spiro atoms. The van der Waals surface area contributed by atoms with Gasteiger partial charge in [0.2, 0.25) is 5.91 Å². The van der Waals surface area contributed by atoms with Crippen molar-refractivity contribution in [3.63, 3.8) is 0 Å². The minimum absolute atomic E-state index is 0.0385. The van der Waals surface area contributed by atoms with Crippen molar-refractivity contribution in [1.82, 2.24) is 4.98 Å². The van der Waals surface area contributed by atoms with Crippen LogP contribution in [0.4, 0.5) is 21.6 Å². The Kier molecular flexibility index (Phi) is 5.55. The van der Waals surface area contributed by atoms with E-state index in [1.165, 1.54) is 30.5 Å². The average molecular weight is 393 g/mol. The fourth-order valence-electron chi connectivity index (χ4n) is 3.16. The van der Waals surface area contributed by atoms with Crippen LogP contribution in [0.1, 0.15) is 18.4 Å². The van der Waals surface area contributed by atoms with E-state index < -0.39 is 10.7 Å². The number of carbonyl (C=O) groups excluding carboxylic acids is 1. The third kappa shape index (κ3) is 4.33. The summed E-state index contributed by atoms with van der Waals surface area (Å²) in [5, 5.41) is 13.6. The third-order valence-corrected chi connectivity index (χ3v) is 4.89. The number of nitrogens with zero attached hydrogens (tertiary/aromatic N) is 3. The van der Waals surface area contributed by atoms with Gasteiger partial charge in [0.1, 0.15) is 17.8 Å². The molecule has 0 aliphatic carbocycles. The second kappa shape index (κ2) is 7.87. The molecule has 0 atom stereocenters. The first kappa shape index (κ1) is 19.0. The minimum Gasteiger partial charge on any atom is -0.356 e. The summed E-state index contributed by atoms with van der Waals surface area (Å²) in [6.07, 6.45) is 2.50. The van der Waals surface area contributed by atoms with Crippen LogP contribution >= 0.6 is 11.6 Å². The molecule has 0 bridgehead atoms. The summed E-state index contributed by atoms with van der Waals surface area (Å²) in [7, 11) is 0. The number of hydrogen-bond acceptors (Lipinski definition) is 5. The lowest BCUT2D eigenvalue weighted by molar-refractivity contribution is -0.385. The van der Waals surface area contributed by atoms with Crippen molar-refractivity contribution in [3.8, 4) is 0 Å². The van der Waals surface area contributed by atoms with Crippen LogP contribution in [0.15, 0.2) is 30.5 Å². The molecule has 0 radical (unpaired) electrons. The van der Waals surface area contributed by atoms with Gasteiger partial charge < -0.3 is 10.2 Å². The van der Waals surface area contributed by atoms with Gasteiger partial charge in [0.25, 0.3) is 5.69 Å². The molecule has 142 valence electrons. The van der Waals surface area contributed by atoms with Gasteiger partial charge in [-0.2, -0.15) is 0 Å². The predicted octanol–water partition coefficient (Wildman–Crippen LogP) is 3.95. The lowest BCUT2D eigenvalue weighted by Gasteiger charge is -2.32. The minimum atomic E-state index is -0.533. The molecule has 1 aliphatic heterocycles. The monoisotopic (exact) mass is 392 g/mol. The van der Waals surface area contributed by atoms with E-state index in [-0.39, 0.29) is 22.5 Å². The number of pyridine rings is 1. The topological polar surface area (TPSA) is 88.4 Å². The van der Waals surface area contributed by atoms with Gasteiger partial charge >= 0.3 is 0 Å². The van der Waals surface area contributed by atoms with Crippen molar-refractivity contribution in [2.24, 2.45) is 5.92 Å². The molecule has 7 nitrogen and oxygen atoms in total. The molecule has 9 heteroatoms. The number of halogens is 2. The van der Waals surface area contributed by atoms with Crippen molar-refractivity contribution in [2.45, 2.75) is 19.8 Å². The van der Waals surface area contributed by atoms with E-state index in [0.717, 1.165) is 5.56 Å². The van der Waals surface area contributed by atoms with Crippen molar-refractivity contribution in [3.05, 3.63) is 57.0 Å². The summed E-state index contributed by atoms with van der Waals surface area (Å²) in [5.41, 5.74) is 1.15. The number of carbonyl (C=O) groups is 1. The molecule has 27 heavy (non-hydrogen) atoms. The van der Waals surface area contributed by atoms with Gasteiger partial charge in [-0.15, -0.1) is 0 Å². The summed E-state index contributed by atoms with van der Waals surface area (Å²) in [6.45, 7) is 3.02. The molecular formula is C18H18ClFN4O3. The molecule has 1 aromatic heterocycles. The Labute approximate surface area is 160 Å². The quantitative estimate of drug-likeness (QED) is 0.628. The molecular weight excluding hydrogens is 375 g/mol. The third-order valence-electron chi connectivity index (χ3n) is 4.60. The summed E-state index contributed by atoms with van der Waals surface area (Å²) in [6, 6.07) is 5.56. The van der Waals surface area contributed by atoms with Gasteiger partial charge in [-0.1, -0.05) is 11.6 Å². The SMILES string of the molecule is Cc1cc([N+](=O)[O-])cnc1N1CCC(C(=O)Nc2ccc(F)c(Cl)c2)CC1. The summed E-state index contributed by atoms with van der Waals surface area (Å²) < 4.78 is 13.2. The first-order valence-corrected chi connectivity index (χ1v) is 8.85. The Morgan fingerprint density at radius 2 is 2.07 bits per heavy atom. The van der Waals surface area contributed by atoms with Crippen LogP contribution in [0.25, 0.3) is 0 Å². The molecule has 1 N–H and O–H groups in total. The van der Waals surface area contributed by atoms with E-state index >= 15 is 0 Å². The average Bonchev–Trinajstić information content (AvgIpc) is 2.64. The fraction of sp³-hybridized carbons (Fsp3) is 0.333. The molecule has 1 fully saturated rings. The molecule has 1 aromatic carbocycles. The maximum atomic E-state index is 13.2. The van der Waals surface area contributed by atoms with E-state index in [1.54, 1.807) is 6.92 Å². The number of nitro groups is 1. The number of aryl methyl sites for hydroxylation is 1. The van der Waals surface area contributed by atoms with Gasteiger partial charge in [-0.25, -0.2) is 9.37 Å². The van der Waals surface area contributed by atoms with E-state index in [4.69, 9.17) is 11.6 Å². The first-order chi connectivity index (χ1) is 12.8. The number of anilines is 2. The van der Waals surface area contributed by atoms with Crippen LogP contribution in [0.3, 0.4) is 0 Å². The van der Waals surface area contributed by atoms with E-state index in [2.05, 4.69) is 10.3 Å². The normalized spacial score (nSPS) is 14.9. The maximum Gasteiger partial charge on any atom is 0.287 e. The van der Waals surface area contributed by atoms with Gasteiger partial charge in [0, 0.05) is 30.8 Å². The Hall–Kier alpha value is -2.74. The first-order valence-electron chi connectivity index (χ1n) is 8.47. The Bertz CT molecular complexity index is 885. The zero-order chi connectivity index (χ0) is 19.6. The number of benzene rings is 1. The smallest absolute Gasteiger partial charge is 0.287 e. The second-order valence-corrected chi connectivity index (χ2v) is 6.88. The Morgan fingerprint density at radius 1 is 1.37 bits per heavy atom. The highest BCUT2D eigenvalue weighted by molar-refractivity contribution is 6.31. The molecule has 2 aromatic rings. The zero-order valence-corrected chi connectivity index (χ0v) is 15.4. The van der Waals surface area contributed by atoms with Crippen molar-refractivity contribution in [2.75, 3.05) is 23.3 Å². The van der Waals surface area contributed by atoms with Crippen molar-refractivity contribution < 1.29 is 14.1 Å². The van der Waals surface area contributed by atoms with E-state index in [0.29, 0.717) is 37.4 Å². The standard InChI is InChI=1S/C18H18ClFN4O3/c1-11-8-14(24(26)27)10-21-17(11)23-6-4-12(5-7-23)18(25)22-13-2-3-16(20)15(19)9-13/h2-3,8-10,12H,4-7H2,1H3,(H,22,25). The molecule has 0 saturated carbocycles. The lowest BCUT2D eigenvalue weighted by atomic mass is 9.95. The number of piperidine rings is 1. The second-order valence-electron chi connectivity index (χ2n) is 6.47. The number of amides is 1. The van der Waals surface area contributed by atoms with Crippen LogP contribution in [0, 0.1) is 28.8 Å². The summed E-state index contributed by atoms with van der Waals surface area (Å²) in [4.78, 5) is 29.0. The Balaban J connectivity index is 1.60. The highest BCUT2D eigenvalue weighted by Crippen LogP contribution is 2.27. The van der Waals surface area contributed by atoms with Crippen LogP contribution in [-0.4, -0.2) is 28.9 Å². The van der Waals surface area contributed by atoms with Crippen LogP contribution in [-0.2, 0) is 4.79 Å². The molecule has 3 rings (SSSR count). The van der Waals surface area contributed by atoms with Gasteiger partial charge in [0.05, 0.1) is 9.95 Å². The number of nitrogens with one attached hydrogen (secondary N) is 1. The van der Waals surface area contributed by atoms with E-state index in [1.807, 2.05) is 4.90 Å². The van der Waals surface area contributed by atoms with Crippen LogP contribution in [0.5, 0.6) is 0 Å². The van der Waals surface area contributed by atoms with Crippen molar-refractivity contribution in [1.29, 1.82) is 0 Å². The summed E-state index contributed by atoms with van der Waals surface area (Å²) in [5.74, 6) is -0.146. The van der Waals surface area contributed by atoms with Crippen molar-refractivity contribution >= 4 is 34.7 Å². The molecule has 1 amide bonds. The van der Waals surface area contributed by atoms with E-state index in [9.17, 15) is 19.3 Å². The molecule has 0 unspecified atom stereocenters. The fourth-order valence-corrected chi connectivity index (χ4v) is 3.34. The van der Waals surface area contributed by atoms with Crippen LogP contribution in [0.2, 0.25) is 5.02 Å². The van der Waals surface area contributed by atoms with Gasteiger partial charge in [0.15, 0.2) is 0 Å². The summed E-state index contributed by atoms with van der Waals surface area (Å²) >= 11 is 5.73. The zero-order valence-electron chi connectivity index (χ0n) is 14.6.